The van der Waals surface area contributed by atoms with Crippen LogP contribution in [0.3, 0.4) is 0 Å². The Morgan fingerprint density at radius 2 is 1.79 bits per heavy atom. The van der Waals surface area contributed by atoms with E-state index in [-0.39, 0.29) is 5.82 Å². The van der Waals surface area contributed by atoms with Crippen molar-refractivity contribution in [2.45, 2.75) is 13.8 Å². The van der Waals surface area contributed by atoms with Gasteiger partial charge in [-0.1, -0.05) is 12.1 Å². The molecule has 150 valence electrons. The third-order valence-corrected chi connectivity index (χ3v) is 4.53. The quantitative estimate of drug-likeness (QED) is 0.790. The summed E-state index contributed by atoms with van der Waals surface area (Å²) in [6, 6.07) is 11.7. The second-order valence-electron chi connectivity index (χ2n) is 6.32. The summed E-state index contributed by atoms with van der Waals surface area (Å²) in [7, 11) is 0. The van der Waals surface area contributed by atoms with E-state index in [2.05, 4.69) is 26.2 Å². The highest BCUT2D eigenvalue weighted by Crippen LogP contribution is 2.30. The van der Waals surface area contributed by atoms with Gasteiger partial charge in [0.1, 0.15) is 17.4 Å². The van der Waals surface area contributed by atoms with Crippen LogP contribution in [0.1, 0.15) is 13.8 Å². The molecular weight excluding hydrogens is 358 g/mol. The second kappa shape index (κ2) is 9.16. The molecule has 8 nitrogen and oxygen atoms in total. The zero-order chi connectivity index (χ0) is 19.9. The first-order chi connectivity index (χ1) is 13.6. The van der Waals surface area contributed by atoms with Crippen molar-refractivity contribution in [2.75, 3.05) is 60.2 Å². The monoisotopic (exact) mass is 385 g/mol. The summed E-state index contributed by atoms with van der Waals surface area (Å²) in [5.74, 6) is 1.98. The highest BCUT2D eigenvalue weighted by molar-refractivity contribution is 5.88. The molecule has 1 fully saturated rings. The van der Waals surface area contributed by atoms with Crippen molar-refractivity contribution in [3.63, 3.8) is 0 Å². The molecular formula is C20H27N5O3. The molecule has 1 aromatic carbocycles. The maximum Gasteiger partial charge on any atom is 0.411 e. The Balaban J connectivity index is 1.64. The van der Waals surface area contributed by atoms with Crippen molar-refractivity contribution in [3.05, 3.63) is 36.4 Å². The van der Waals surface area contributed by atoms with Crippen LogP contribution in [0.15, 0.2) is 36.4 Å². The highest BCUT2D eigenvalue weighted by atomic mass is 16.5. The molecule has 28 heavy (non-hydrogen) atoms. The van der Waals surface area contributed by atoms with Crippen molar-refractivity contribution < 1.29 is 14.3 Å². The van der Waals surface area contributed by atoms with Crippen LogP contribution in [0, 0.1) is 0 Å². The van der Waals surface area contributed by atoms with E-state index in [1.807, 2.05) is 31.2 Å². The lowest BCUT2D eigenvalue weighted by molar-refractivity contribution is 0.168. The summed E-state index contributed by atoms with van der Waals surface area (Å²) in [6.45, 7) is 8.03. The normalized spacial score (nSPS) is 13.9. The third kappa shape index (κ3) is 4.57. The van der Waals surface area contributed by atoms with E-state index in [4.69, 9.17) is 15.2 Å². The molecule has 0 saturated carbocycles. The number of piperazine rings is 1. The molecule has 0 atom stereocenters. The van der Waals surface area contributed by atoms with Gasteiger partial charge in [0.15, 0.2) is 0 Å². The third-order valence-electron chi connectivity index (χ3n) is 4.53. The zero-order valence-electron chi connectivity index (χ0n) is 16.4. The average molecular weight is 385 g/mol. The minimum absolute atomic E-state index is 0.273. The Morgan fingerprint density at radius 3 is 2.46 bits per heavy atom. The fourth-order valence-electron chi connectivity index (χ4n) is 3.20. The summed E-state index contributed by atoms with van der Waals surface area (Å²) in [6.07, 6.45) is -0.537. The summed E-state index contributed by atoms with van der Waals surface area (Å²) in [4.78, 5) is 20.5. The lowest BCUT2D eigenvalue weighted by atomic mass is 10.2. The summed E-state index contributed by atoms with van der Waals surface area (Å²) < 4.78 is 10.6. The number of aromatic nitrogens is 1. The molecule has 1 saturated heterocycles. The maximum absolute atomic E-state index is 11.6. The molecule has 1 aliphatic heterocycles. The van der Waals surface area contributed by atoms with Crippen LogP contribution in [-0.4, -0.2) is 50.5 Å². The molecule has 1 amide bonds. The number of hydrogen-bond acceptors (Lipinski definition) is 7. The van der Waals surface area contributed by atoms with Crippen LogP contribution in [0.4, 0.5) is 27.8 Å². The van der Waals surface area contributed by atoms with Gasteiger partial charge in [-0.15, -0.1) is 0 Å². The number of anilines is 4. The second-order valence-corrected chi connectivity index (χ2v) is 6.32. The van der Waals surface area contributed by atoms with Crippen LogP contribution >= 0.6 is 0 Å². The highest BCUT2D eigenvalue weighted by Gasteiger charge is 2.21. The van der Waals surface area contributed by atoms with E-state index in [0.717, 1.165) is 43.4 Å². The van der Waals surface area contributed by atoms with Crippen molar-refractivity contribution in [2.24, 2.45) is 0 Å². The molecule has 8 heteroatoms. The van der Waals surface area contributed by atoms with Gasteiger partial charge in [-0.2, -0.15) is 0 Å². The minimum atomic E-state index is -0.537. The zero-order valence-corrected chi connectivity index (χ0v) is 16.4. The number of benzene rings is 1. The van der Waals surface area contributed by atoms with E-state index in [1.54, 1.807) is 13.0 Å². The van der Waals surface area contributed by atoms with Gasteiger partial charge in [-0.25, -0.2) is 9.78 Å². The topological polar surface area (TPSA) is 93.0 Å². The summed E-state index contributed by atoms with van der Waals surface area (Å²) in [5.41, 5.74) is 7.58. The Labute approximate surface area is 165 Å². The molecule has 0 radical (unpaired) electrons. The van der Waals surface area contributed by atoms with Crippen molar-refractivity contribution in [1.29, 1.82) is 0 Å². The van der Waals surface area contributed by atoms with E-state index < -0.39 is 6.09 Å². The molecule has 0 unspecified atom stereocenters. The number of nitrogens with one attached hydrogen (secondary N) is 1. The summed E-state index contributed by atoms with van der Waals surface area (Å²) in [5, 5.41) is 2.60. The van der Waals surface area contributed by atoms with Crippen LogP contribution in [0.25, 0.3) is 0 Å². The van der Waals surface area contributed by atoms with Gasteiger partial charge < -0.3 is 25.0 Å². The molecule has 3 N–H and O–H groups in total. The Bertz CT molecular complexity index is 806. The molecule has 0 bridgehead atoms. The van der Waals surface area contributed by atoms with Gasteiger partial charge in [-0.3, -0.25) is 5.32 Å². The first-order valence-electron chi connectivity index (χ1n) is 9.54. The number of nitrogen functional groups attached to an aromatic ring is 1. The van der Waals surface area contributed by atoms with E-state index in [0.29, 0.717) is 18.9 Å². The van der Waals surface area contributed by atoms with Gasteiger partial charge in [0.2, 0.25) is 0 Å². The molecule has 1 aliphatic rings. The number of amides is 1. The largest absolute Gasteiger partial charge is 0.492 e. The van der Waals surface area contributed by atoms with Crippen molar-refractivity contribution >= 4 is 29.1 Å². The fraction of sp³-hybridized carbons (Fsp3) is 0.400. The SMILES string of the molecule is CCOC(=O)Nc1ccc(N2CCN(c3ccccc3OCC)CC2)nc1N. The minimum Gasteiger partial charge on any atom is -0.492 e. The van der Waals surface area contributed by atoms with Crippen LogP contribution < -0.4 is 25.6 Å². The standard InChI is InChI=1S/C20H27N5O3/c1-3-27-17-8-6-5-7-16(17)24-11-13-25(14-12-24)18-10-9-15(19(21)23-18)22-20(26)28-4-2/h5-10H,3-4,11-14H2,1-2H3,(H2,21,23)(H,22,26). The fourth-order valence-corrected chi connectivity index (χ4v) is 3.20. The Morgan fingerprint density at radius 1 is 1.07 bits per heavy atom. The van der Waals surface area contributed by atoms with E-state index in [9.17, 15) is 4.79 Å². The predicted molar refractivity (Wildman–Crippen MR) is 111 cm³/mol. The predicted octanol–water partition coefficient (Wildman–Crippen LogP) is 2.96. The smallest absolute Gasteiger partial charge is 0.411 e. The van der Waals surface area contributed by atoms with Gasteiger partial charge in [0, 0.05) is 26.2 Å². The molecule has 0 aliphatic carbocycles. The van der Waals surface area contributed by atoms with Crippen LogP contribution in [-0.2, 0) is 4.74 Å². The number of nitrogens with two attached hydrogens (primary N) is 1. The Kier molecular flexibility index (Phi) is 6.41. The lowest BCUT2D eigenvalue weighted by Crippen LogP contribution is -2.47. The molecule has 2 aromatic rings. The van der Waals surface area contributed by atoms with Crippen molar-refractivity contribution in [1.82, 2.24) is 4.98 Å². The number of rotatable bonds is 6. The number of pyridine rings is 1. The van der Waals surface area contributed by atoms with E-state index >= 15 is 0 Å². The summed E-state index contributed by atoms with van der Waals surface area (Å²) >= 11 is 0. The van der Waals surface area contributed by atoms with Crippen molar-refractivity contribution in [3.8, 4) is 5.75 Å². The van der Waals surface area contributed by atoms with Crippen LogP contribution in [0.5, 0.6) is 5.75 Å². The number of para-hydroxylation sites is 2. The molecule has 1 aromatic heterocycles. The number of nitrogens with zero attached hydrogens (tertiary/aromatic N) is 3. The Hall–Kier alpha value is -3.16. The number of carbonyl (C=O) groups is 1. The number of hydrogen-bond donors (Lipinski definition) is 2. The van der Waals surface area contributed by atoms with Gasteiger partial charge in [0.05, 0.1) is 24.6 Å². The maximum atomic E-state index is 11.6. The van der Waals surface area contributed by atoms with Gasteiger partial charge >= 0.3 is 6.09 Å². The number of carbonyl (C=O) groups excluding carboxylic acids is 1. The van der Waals surface area contributed by atoms with Gasteiger partial charge in [0.25, 0.3) is 0 Å². The molecule has 2 heterocycles. The molecule has 3 rings (SSSR count). The average Bonchev–Trinajstić information content (AvgIpc) is 2.71. The van der Waals surface area contributed by atoms with E-state index in [1.165, 1.54) is 0 Å². The lowest BCUT2D eigenvalue weighted by Gasteiger charge is -2.37. The first kappa shape index (κ1) is 19.6. The number of ether oxygens (including phenoxy) is 2. The first-order valence-corrected chi connectivity index (χ1v) is 9.54. The van der Waals surface area contributed by atoms with Gasteiger partial charge in [-0.05, 0) is 38.1 Å². The molecule has 0 spiro atoms. The van der Waals surface area contributed by atoms with Crippen LogP contribution in [0.2, 0.25) is 0 Å².